The van der Waals surface area contributed by atoms with Crippen LogP contribution in [-0.2, 0) is 0 Å². The highest BCUT2D eigenvalue weighted by Gasteiger charge is 2.33. The number of rotatable bonds is 3. The highest BCUT2D eigenvalue weighted by molar-refractivity contribution is 8.33. The van der Waals surface area contributed by atoms with Gasteiger partial charge in [-0.3, -0.25) is 0 Å². The summed E-state index contributed by atoms with van der Waals surface area (Å²) in [6.07, 6.45) is 6.88. The number of hydrogen-bond donors (Lipinski definition) is 2. The maximum atomic E-state index is 10.2. The predicted octanol–water partition coefficient (Wildman–Crippen LogP) is 1.96. The molecule has 0 bridgehead atoms. The van der Waals surface area contributed by atoms with Crippen molar-refractivity contribution < 1.29 is 5.11 Å². The van der Waals surface area contributed by atoms with E-state index in [1.54, 1.807) is 0 Å². The monoisotopic (exact) mass is 233 g/mol. The Morgan fingerprint density at radius 2 is 2.00 bits per heavy atom. The molecule has 2 N–H and O–H groups in total. The zero-order valence-electron chi connectivity index (χ0n) is 10.8. The van der Waals surface area contributed by atoms with Crippen LogP contribution in [0.3, 0.4) is 0 Å². The Morgan fingerprint density at radius 3 is 2.40 bits per heavy atom. The van der Waals surface area contributed by atoms with Crippen molar-refractivity contribution in [2.24, 2.45) is 0 Å². The second kappa shape index (κ2) is 4.64. The van der Waals surface area contributed by atoms with Gasteiger partial charge in [0.1, 0.15) is 0 Å². The first kappa shape index (κ1) is 13.3. The van der Waals surface area contributed by atoms with E-state index in [-0.39, 0.29) is 6.10 Å². The summed E-state index contributed by atoms with van der Waals surface area (Å²) in [4.78, 5) is 0. The standard InChI is InChI=1S/C12H27NOS/c1-12(2,3)15(4,5)9-11(14)10-7-6-8-13-10/h10-11,13-14H,6-9H2,1-5H3/t10-,11+/m0/s1. The summed E-state index contributed by atoms with van der Waals surface area (Å²) in [5.41, 5.74) is 0. The average Bonchev–Trinajstić information content (AvgIpc) is 2.51. The van der Waals surface area contributed by atoms with Crippen molar-refractivity contribution >= 4 is 10.0 Å². The minimum absolute atomic E-state index is 0.156. The van der Waals surface area contributed by atoms with Crippen molar-refractivity contribution in [3.8, 4) is 0 Å². The number of hydrogen-bond acceptors (Lipinski definition) is 2. The molecule has 2 nitrogen and oxygen atoms in total. The molecule has 92 valence electrons. The van der Waals surface area contributed by atoms with Crippen LogP contribution in [0.4, 0.5) is 0 Å². The molecule has 0 unspecified atom stereocenters. The summed E-state index contributed by atoms with van der Waals surface area (Å²) in [5, 5.41) is 13.6. The molecular formula is C12H27NOS. The molecule has 2 atom stereocenters. The van der Waals surface area contributed by atoms with Crippen LogP contribution in [0.2, 0.25) is 0 Å². The van der Waals surface area contributed by atoms with Crippen LogP contribution in [-0.4, -0.2) is 46.8 Å². The molecule has 15 heavy (non-hydrogen) atoms. The largest absolute Gasteiger partial charge is 0.391 e. The van der Waals surface area contributed by atoms with E-state index < -0.39 is 10.0 Å². The molecule has 1 fully saturated rings. The maximum absolute atomic E-state index is 10.2. The van der Waals surface area contributed by atoms with Gasteiger partial charge in [0.2, 0.25) is 0 Å². The Bertz CT molecular complexity index is 204. The summed E-state index contributed by atoms with van der Waals surface area (Å²) >= 11 is 0. The first-order chi connectivity index (χ1) is 6.74. The molecule has 0 amide bonds. The van der Waals surface area contributed by atoms with Crippen LogP contribution in [0.25, 0.3) is 0 Å². The first-order valence-electron chi connectivity index (χ1n) is 5.86. The first-order valence-corrected chi connectivity index (χ1v) is 8.48. The third kappa shape index (κ3) is 3.36. The van der Waals surface area contributed by atoms with Gasteiger partial charge in [0, 0.05) is 11.8 Å². The van der Waals surface area contributed by atoms with Crippen molar-refractivity contribution in [3.05, 3.63) is 0 Å². The predicted molar refractivity (Wildman–Crippen MR) is 71.1 cm³/mol. The molecule has 1 aliphatic heterocycles. The summed E-state index contributed by atoms with van der Waals surface area (Å²) < 4.78 is 0.326. The van der Waals surface area contributed by atoms with E-state index >= 15 is 0 Å². The average molecular weight is 233 g/mol. The van der Waals surface area contributed by atoms with Crippen LogP contribution in [0.15, 0.2) is 0 Å². The zero-order valence-corrected chi connectivity index (χ0v) is 11.7. The SMILES string of the molecule is CC(C)(C)S(C)(C)C[C@@H](O)[C@@H]1CCCN1. The van der Waals surface area contributed by atoms with Crippen molar-refractivity contribution in [2.45, 2.75) is 50.5 Å². The van der Waals surface area contributed by atoms with Crippen molar-refractivity contribution in [1.82, 2.24) is 5.32 Å². The fourth-order valence-electron chi connectivity index (χ4n) is 1.83. The smallest absolute Gasteiger partial charge is 0.0768 e. The zero-order chi connectivity index (χ0) is 11.7. The molecule has 0 aromatic carbocycles. The molecule has 1 heterocycles. The molecule has 0 radical (unpaired) electrons. The van der Waals surface area contributed by atoms with E-state index in [2.05, 4.69) is 38.6 Å². The van der Waals surface area contributed by atoms with E-state index in [1.165, 1.54) is 6.42 Å². The fraction of sp³-hybridized carbons (Fsp3) is 1.00. The molecule has 1 aliphatic rings. The summed E-state index contributed by atoms with van der Waals surface area (Å²) in [7, 11) is -0.724. The van der Waals surface area contributed by atoms with Gasteiger partial charge in [-0.2, -0.15) is 0 Å². The Hall–Kier alpha value is 0.270. The fourth-order valence-corrected chi connectivity index (χ4v) is 3.42. The molecule has 0 aliphatic carbocycles. The molecule has 0 aromatic rings. The lowest BCUT2D eigenvalue weighted by Crippen LogP contribution is -2.41. The second-order valence-corrected chi connectivity index (χ2v) is 10.7. The summed E-state index contributed by atoms with van der Waals surface area (Å²) in [5.74, 6) is 0.966. The molecule has 0 spiro atoms. The van der Waals surface area contributed by atoms with Crippen molar-refractivity contribution in [1.29, 1.82) is 0 Å². The van der Waals surface area contributed by atoms with Gasteiger partial charge in [-0.05, 0) is 36.6 Å². The van der Waals surface area contributed by atoms with Crippen LogP contribution in [0.1, 0.15) is 33.6 Å². The third-order valence-electron chi connectivity index (χ3n) is 3.81. The summed E-state index contributed by atoms with van der Waals surface area (Å²) in [6.45, 7) is 7.94. The minimum Gasteiger partial charge on any atom is -0.391 e. The van der Waals surface area contributed by atoms with Gasteiger partial charge >= 0.3 is 0 Å². The summed E-state index contributed by atoms with van der Waals surface area (Å²) in [6, 6.07) is 0.346. The van der Waals surface area contributed by atoms with Gasteiger partial charge in [0.25, 0.3) is 0 Å². The quantitative estimate of drug-likeness (QED) is 0.781. The lowest BCUT2D eigenvalue weighted by molar-refractivity contribution is 0.158. The Morgan fingerprint density at radius 1 is 1.40 bits per heavy atom. The Balaban J connectivity index is 2.52. The Kier molecular flexibility index (Phi) is 4.13. The van der Waals surface area contributed by atoms with Gasteiger partial charge in [0.05, 0.1) is 6.10 Å². The molecule has 1 saturated heterocycles. The van der Waals surface area contributed by atoms with E-state index in [0.29, 0.717) is 10.8 Å². The molecule has 3 heteroatoms. The highest BCUT2D eigenvalue weighted by atomic mass is 32.3. The number of aliphatic hydroxyl groups excluding tert-OH is 1. The van der Waals surface area contributed by atoms with Crippen LogP contribution < -0.4 is 5.32 Å². The van der Waals surface area contributed by atoms with E-state index in [4.69, 9.17) is 0 Å². The lowest BCUT2D eigenvalue weighted by Gasteiger charge is -2.46. The lowest BCUT2D eigenvalue weighted by atomic mass is 10.1. The Labute approximate surface area is 96.2 Å². The van der Waals surface area contributed by atoms with E-state index in [1.807, 2.05) is 0 Å². The van der Waals surface area contributed by atoms with Gasteiger partial charge < -0.3 is 10.4 Å². The molecule has 0 saturated carbocycles. The molecule has 0 aromatic heterocycles. The van der Waals surface area contributed by atoms with Crippen LogP contribution in [0.5, 0.6) is 0 Å². The molecule has 1 rings (SSSR count). The number of aliphatic hydroxyl groups is 1. The van der Waals surface area contributed by atoms with Gasteiger partial charge in [-0.1, -0.05) is 20.8 Å². The van der Waals surface area contributed by atoms with Crippen molar-refractivity contribution in [2.75, 3.05) is 24.8 Å². The minimum atomic E-state index is -0.724. The topological polar surface area (TPSA) is 32.3 Å². The molecular weight excluding hydrogens is 206 g/mol. The van der Waals surface area contributed by atoms with Crippen molar-refractivity contribution in [3.63, 3.8) is 0 Å². The van der Waals surface area contributed by atoms with Crippen LogP contribution >= 0.6 is 10.0 Å². The van der Waals surface area contributed by atoms with E-state index in [9.17, 15) is 5.11 Å². The van der Waals surface area contributed by atoms with Crippen LogP contribution in [0, 0.1) is 0 Å². The second-order valence-electron chi connectivity index (χ2n) is 6.09. The normalized spacial score (nSPS) is 26.7. The van der Waals surface area contributed by atoms with Gasteiger partial charge in [0.15, 0.2) is 0 Å². The van der Waals surface area contributed by atoms with E-state index in [0.717, 1.165) is 18.7 Å². The number of nitrogens with one attached hydrogen (secondary N) is 1. The van der Waals surface area contributed by atoms with Gasteiger partial charge in [-0.15, -0.1) is 0 Å². The third-order valence-corrected chi connectivity index (χ3v) is 8.30. The highest BCUT2D eigenvalue weighted by Crippen LogP contribution is 2.53. The van der Waals surface area contributed by atoms with Gasteiger partial charge in [-0.25, -0.2) is 10.0 Å². The maximum Gasteiger partial charge on any atom is 0.0768 e.